The number of sulfonamides is 1. The van der Waals surface area contributed by atoms with Gasteiger partial charge in [-0.3, -0.25) is 0 Å². The van der Waals surface area contributed by atoms with Crippen molar-refractivity contribution in [2.24, 2.45) is 5.92 Å². The van der Waals surface area contributed by atoms with E-state index in [0.29, 0.717) is 35.4 Å². The Kier molecular flexibility index (Phi) is 5.04. The fourth-order valence-corrected chi connectivity index (χ4v) is 4.68. The van der Waals surface area contributed by atoms with Gasteiger partial charge in [-0.05, 0) is 48.7 Å². The van der Waals surface area contributed by atoms with Gasteiger partial charge >= 0.3 is 0 Å². The maximum atomic E-state index is 13.4. The Morgan fingerprint density at radius 2 is 1.62 bits per heavy atom. The number of aromatic nitrogens is 2. The molecule has 1 aliphatic rings. The first-order valence-electron chi connectivity index (χ1n) is 9.58. The number of anilines is 2. The van der Waals surface area contributed by atoms with Gasteiger partial charge in [0.2, 0.25) is 0 Å². The van der Waals surface area contributed by atoms with Crippen molar-refractivity contribution in [3.63, 3.8) is 0 Å². The van der Waals surface area contributed by atoms with E-state index in [2.05, 4.69) is 18.8 Å². The fraction of sp³-hybridized carbons (Fsp3) is 0.333. The first-order chi connectivity index (χ1) is 13.9. The molecule has 2 heterocycles. The average Bonchev–Trinajstić information content (AvgIpc) is 3.09. The summed E-state index contributed by atoms with van der Waals surface area (Å²) in [4.78, 5) is 11.6. The molecule has 0 saturated heterocycles. The van der Waals surface area contributed by atoms with Gasteiger partial charge in [0.15, 0.2) is 11.6 Å². The van der Waals surface area contributed by atoms with Crippen LogP contribution in [-0.2, 0) is 10.0 Å². The maximum absolute atomic E-state index is 13.4. The van der Waals surface area contributed by atoms with Gasteiger partial charge < -0.3 is 9.64 Å². The molecule has 0 bridgehead atoms. The number of para-hydroxylation sites is 2. The van der Waals surface area contributed by atoms with Crippen LogP contribution in [0.4, 0.5) is 11.6 Å². The van der Waals surface area contributed by atoms with Crippen LogP contribution in [0.5, 0.6) is 5.75 Å². The van der Waals surface area contributed by atoms with Gasteiger partial charge in [-0.25, -0.2) is 22.7 Å². The van der Waals surface area contributed by atoms with Crippen LogP contribution in [0.15, 0.2) is 53.4 Å². The smallest absolute Gasteiger partial charge is 0.267 e. The SMILES string of the molecule is COc1ccc(S(=O)(=O)N2CN(CCC(C)C)c3nc4ccccc4nc32)cc1. The molecule has 0 atom stereocenters. The largest absolute Gasteiger partial charge is 0.497 e. The zero-order valence-electron chi connectivity index (χ0n) is 16.7. The standard InChI is InChI=1S/C21H24N4O3S/c1-15(2)12-13-24-14-25(29(26,27)17-10-8-16(28-3)9-11-17)21-20(24)22-18-6-4-5-7-19(18)23-21/h4-11,15H,12-14H2,1-3H3. The summed E-state index contributed by atoms with van der Waals surface area (Å²) < 4.78 is 33.3. The van der Waals surface area contributed by atoms with Crippen molar-refractivity contribution in [1.82, 2.24) is 9.97 Å². The second-order valence-corrected chi connectivity index (χ2v) is 9.34. The number of rotatable bonds is 6. The second-order valence-electron chi connectivity index (χ2n) is 7.48. The molecule has 7 nitrogen and oxygen atoms in total. The highest BCUT2D eigenvalue weighted by molar-refractivity contribution is 7.92. The average molecular weight is 413 g/mol. The van der Waals surface area contributed by atoms with E-state index in [1.54, 1.807) is 31.4 Å². The van der Waals surface area contributed by atoms with Crippen molar-refractivity contribution in [3.8, 4) is 5.75 Å². The Labute approximate surface area is 171 Å². The van der Waals surface area contributed by atoms with Crippen LogP contribution in [0, 0.1) is 5.92 Å². The lowest BCUT2D eigenvalue weighted by molar-refractivity contribution is 0.414. The lowest BCUT2D eigenvalue weighted by atomic mass is 10.1. The van der Waals surface area contributed by atoms with Crippen molar-refractivity contribution in [2.75, 3.05) is 29.5 Å². The topological polar surface area (TPSA) is 75.6 Å². The Hall–Kier alpha value is -2.87. The minimum absolute atomic E-state index is 0.199. The predicted octanol–water partition coefficient (Wildman–Crippen LogP) is 3.66. The number of hydrogen-bond donors (Lipinski definition) is 0. The van der Waals surface area contributed by atoms with Crippen molar-refractivity contribution < 1.29 is 13.2 Å². The lowest BCUT2D eigenvalue weighted by Gasteiger charge is -2.21. The second kappa shape index (κ2) is 7.51. The number of fused-ring (bicyclic) bond motifs is 2. The molecule has 0 amide bonds. The van der Waals surface area contributed by atoms with E-state index in [-0.39, 0.29) is 11.6 Å². The molecule has 152 valence electrons. The molecule has 0 spiro atoms. The first kappa shape index (κ1) is 19.4. The Morgan fingerprint density at radius 3 is 2.21 bits per heavy atom. The van der Waals surface area contributed by atoms with Crippen LogP contribution in [0.3, 0.4) is 0 Å². The fourth-order valence-electron chi connectivity index (χ4n) is 3.31. The highest BCUT2D eigenvalue weighted by Gasteiger charge is 2.37. The zero-order chi connectivity index (χ0) is 20.6. The third kappa shape index (κ3) is 3.60. The van der Waals surface area contributed by atoms with Crippen LogP contribution in [0.25, 0.3) is 11.0 Å². The molecule has 0 fully saturated rings. The molecule has 0 unspecified atom stereocenters. The van der Waals surface area contributed by atoms with Gasteiger partial charge in [0.25, 0.3) is 10.0 Å². The summed E-state index contributed by atoms with van der Waals surface area (Å²) in [5, 5.41) is 0. The van der Waals surface area contributed by atoms with Gasteiger partial charge in [-0.15, -0.1) is 0 Å². The highest BCUT2D eigenvalue weighted by atomic mass is 32.2. The Bertz CT molecular complexity index is 1130. The summed E-state index contributed by atoms with van der Waals surface area (Å²) in [6, 6.07) is 13.9. The first-order valence-corrected chi connectivity index (χ1v) is 11.0. The van der Waals surface area contributed by atoms with Crippen molar-refractivity contribution in [2.45, 2.75) is 25.2 Å². The molecule has 0 saturated carbocycles. The molecule has 0 radical (unpaired) electrons. The number of benzene rings is 2. The molecule has 1 aromatic heterocycles. The Balaban J connectivity index is 1.79. The van der Waals surface area contributed by atoms with E-state index in [4.69, 9.17) is 9.72 Å². The molecule has 29 heavy (non-hydrogen) atoms. The highest BCUT2D eigenvalue weighted by Crippen LogP contribution is 2.38. The van der Waals surface area contributed by atoms with E-state index in [1.165, 1.54) is 4.31 Å². The summed E-state index contributed by atoms with van der Waals surface area (Å²) in [5.74, 6) is 2.10. The van der Waals surface area contributed by atoms with Gasteiger partial charge in [0.05, 0.1) is 23.0 Å². The summed E-state index contributed by atoms with van der Waals surface area (Å²) in [6.45, 7) is 5.21. The molecule has 0 N–H and O–H groups in total. The minimum atomic E-state index is -3.78. The van der Waals surface area contributed by atoms with E-state index >= 15 is 0 Å². The van der Waals surface area contributed by atoms with Crippen molar-refractivity contribution >= 4 is 32.7 Å². The molecule has 1 aliphatic heterocycles. The number of nitrogens with zero attached hydrogens (tertiary/aromatic N) is 4. The maximum Gasteiger partial charge on any atom is 0.267 e. The molecular formula is C21H24N4O3S. The predicted molar refractivity (Wildman–Crippen MR) is 114 cm³/mol. The van der Waals surface area contributed by atoms with E-state index in [0.717, 1.165) is 11.9 Å². The van der Waals surface area contributed by atoms with E-state index in [9.17, 15) is 8.42 Å². The number of hydrogen-bond acceptors (Lipinski definition) is 6. The van der Waals surface area contributed by atoms with Crippen LogP contribution in [-0.4, -0.2) is 38.7 Å². The lowest BCUT2D eigenvalue weighted by Crippen LogP contribution is -2.36. The summed E-state index contributed by atoms with van der Waals surface area (Å²) in [7, 11) is -2.23. The van der Waals surface area contributed by atoms with Crippen molar-refractivity contribution in [1.29, 1.82) is 0 Å². The normalized spacial score (nSPS) is 13.9. The third-order valence-corrected chi connectivity index (χ3v) is 6.73. The van der Waals surface area contributed by atoms with Crippen LogP contribution >= 0.6 is 0 Å². The quantitative estimate of drug-likeness (QED) is 0.615. The molecule has 4 rings (SSSR count). The monoisotopic (exact) mass is 412 g/mol. The van der Waals surface area contributed by atoms with Gasteiger partial charge in [-0.1, -0.05) is 26.0 Å². The van der Waals surface area contributed by atoms with Crippen LogP contribution < -0.4 is 13.9 Å². The molecule has 0 aliphatic carbocycles. The summed E-state index contributed by atoms with van der Waals surface area (Å²) >= 11 is 0. The molecule has 3 aromatic rings. The van der Waals surface area contributed by atoms with Crippen molar-refractivity contribution in [3.05, 3.63) is 48.5 Å². The van der Waals surface area contributed by atoms with Crippen LogP contribution in [0.1, 0.15) is 20.3 Å². The minimum Gasteiger partial charge on any atom is -0.497 e. The Morgan fingerprint density at radius 1 is 1.00 bits per heavy atom. The van der Waals surface area contributed by atoms with E-state index in [1.807, 2.05) is 29.2 Å². The number of methoxy groups -OCH3 is 1. The molecular weight excluding hydrogens is 388 g/mol. The van der Waals surface area contributed by atoms with Crippen LogP contribution in [0.2, 0.25) is 0 Å². The third-order valence-electron chi connectivity index (χ3n) is 4.99. The van der Waals surface area contributed by atoms with E-state index < -0.39 is 10.0 Å². The van der Waals surface area contributed by atoms with Gasteiger partial charge in [0.1, 0.15) is 12.4 Å². The van der Waals surface area contributed by atoms with Gasteiger partial charge in [-0.2, -0.15) is 0 Å². The zero-order valence-corrected chi connectivity index (χ0v) is 17.6. The molecule has 2 aromatic carbocycles. The molecule has 8 heteroatoms. The number of ether oxygens (including phenoxy) is 1. The van der Waals surface area contributed by atoms with Gasteiger partial charge in [0, 0.05) is 6.54 Å². The summed E-state index contributed by atoms with van der Waals surface area (Å²) in [6.07, 6.45) is 0.935. The summed E-state index contributed by atoms with van der Waals surface area (Å²) in [5.41, 5.74) is 1.43.